The standard InChI is InChI=1S/C17H15Cl6NO4/c1-2-3-4-27-24-13(25)5-6(14(24)26)10-8-7(9(5)28-10)15(20)11(18)12(19)16(8,21)17(15,22)23/h5-10H,2-4H2,1H3/t5-,6+,7+,8-,9+,10-,15-,16-/m1/s1. The summed E-state index contributed by atoms with van der Waals surface area (Å²) in [5.74, 6) is -3.47. The topological polar surface area (TPSA) is 55.8 Å². The fourth-order valence-electron chi connectivity index (χ4n) is 5.70. The van der Waals surface area contributed by atoms with E-state index in [1.807, 2.05) is 6.92 Å². The van der Waals surface area contributed by atoms with Crippen molar-refractivity contribution in [2.45, 2.75) is 46.1 Å². The normalized spacial score (nSPS) is 50.2. The summed E-state index contributed by atoms with van der Waals surface area (Å²) in [4.78, 5) is 28.3. The van der Waals surface area contributed by atoms with Crippen molar-refractivity contribution in [3.05, 3.63) is 10.1 Å². The van der Waals surface area contributed by atoms with Crippen molar-refractivity contribution in [1.82, 2.24) is 5.06 Å². The number of nitrogens with zero attached hydrogens (tertiary/aromatic N) is 1. The molecule has 11 heteroatoms. The van der Waals surface area contributed by atoms with E-state index in [1.54, 1.807) is 0 Å². The molecule has 3 saturated heterocycles. The minimum atomic E-state index is -1.71. The van der Waals surface area contributed by atoms with Gasteiger partial charge in [-0.2, -0.15) is 5.06 Å². The van der Waals surface area contributed by atoms with Gasteiger partial charge in [0.15, 0.2) is 4.33 Å². The molecule has 0 aromatic heterocycles. The minimum absolute atomic E-state index is 0.0672. The van der Waals surface area contributed by atoms with Gasteiger partial charge in [0.1, 0.15) is 9.75 Å². The molecular formula is C17H15Cl6NO4. The molecule has 3 heterocycles. The second kappa shape index (κ2) is 6.07. The van der Waals surface area contributed by atoms with Crippen LogP contribution in [0.1, 0.15) is 19.8 Å². The number of fused-ring (bicyclic) bond motifs is 12. The highest BCUT2D eigenvalue weighted by Gasteiger charge is 2.90. The predicted octanol–water partition coefficient (Wildman–Crippen LogP) is 4.18. The van der Waals surface area contributed by atoms with Crippen molar-refractivity contribution in [2.75, 3.05) is 6.61 Å². The Kier molecular flexibility index (Phi) is 4.43. The van der Waals surface area contributed by atoms with Crippen molar-refractivity contribution in [3.63, 3.8) is 0 Å². The zero-order chi connectivity index (χ0) is 20.4. The first-order valence-electron chi connectivity index (χ1n) is 9.04. The van der Waals surface area contributed by atoms with E-state index < -0.39 is 61.8 Å². The van der Waals surface area contributed by atoms with Gasteiger partial charge in [-0.15, -0.1) is 23.2 Å². The van der Waals surface area contributed by atoms with Gasteiger partial charge in [-0.1, -0.05) is 59.7 Å². The van der Waals surface area contributed by atoms with Gasteiger partial charge in [0.25, 0.3) is 11.8 Å². The Balaban J connectivity index is 1.55. The lowest BCUT2D eigenvalue weighted by atomic mass is 9.65. The highest BCUT2D eigenvalue weighted by Crippen LogP contribution is 2.81. The van der Waals surface area contributed by atoms with Crippen LogP contribution in [0, 0.1) is 23.7 Å². The average molecular weight is 510 g/mol. The maximum absolute atomic E-state index is 13.0. The number of carbonyl (C=O) groups excluding carboxylic acids is 2. The van der Waals surface area contributed by atoms with E-state index in [1.165, 1.54) is 0 Å². The number of allylic oxidation sites excluding steroid dienone is 2. The maximum Gasteiger partial charge on any atom is 0.260 e. The van der Waals surface area contributed by atoms with Crippen LogP contribution in [0.5, 0.6) is 0 Å². The molecule has 2 amide bonds. The molecule has 3 aliphatic heterocycles. The number of alkyl halides is 4. The van der Waals surface area contributed by atoms with Gasteiger partial charge in [-0.05, 0) is 6.42 Å². The second-order valence-electron chi connectivity index (χ2n) is 7.95. The van der Waals surface area contributed by atoms with E-state index in [9.17, 15) is 9.59 Å². The summed E-state index contributed by atoms with van der Waals surface area (Å²) in [5.41, 5.74) is 0. The zero-order valence-electron chi connectivity index (χ0n) is 14.4. The first kappa shape index (κ1) is 20.4. The van der Waals surface area contributed by atoms with E-state index in [2.05, 4.69) is 0 Å². The van der Waals surface area contributed by atoms with Gasteiger partial charge in [0.05, 0.1) is 40.7 Å². The highest BCUT2D eigenvalue weighted by molar-refractivity contribution is 6.65. The van der Waals surface area contributed by atoms with Crippen LogP contribution in [0.2, 0.25) is 0 Å². The predicted molar refractivity (Wildman–Crippen MR) is 106 cm³/mol. The van der Waals surface area contributed by atoms with Crippen LogP contribution in [0.4, 0.5) is 0 Å². The van der Waals surface area contributed by atoms with E-state index in [-0.39, 0.29) is 16.7 Å². The number of hydrogen-bond donors (Lipinski definition) is 0. The van der Waals surface area contributed by atoms with Crippen LogP contribution in [0.3, 0.4) is 0 Å². The molecule has 2 aliphatic carbocycles. The van der Waals surface area contributed by atoms with E-state index in [0.29, 0.717) is 0 Å². The quantitative estimate of drug-likeness (QED) is 0.324. The summed E-state index contributed by atoms with van der Waals surface area (Å²) >= 11 is 39.9. The third kappa shape index (κ3) is 1.90. The van der Waals surface area contributed by atoms with Crippen LogP contribution in [0.15, 0.2) is 10.1 Å². The molecule has 0 aromatic carbocycles. The molecule has 0 unspecified atom stereocenters. The van der Waals surface area contributed by atoms with E-state index >= 15 is 0 Å². The summed E-state index contributed by atoms with van der Waals surface area (Å²) in [6.45, 7) is 2.27. The fraction of sp³-hybridized carbons (Fsp3) is 0.765. The van der Waals surface area contributed by atoms with Crippen LogP contribution in [-0.4, -0.2) is 49.8 Å². The van der Waals surface area contributed by atoms with Gasteiger partial charge >= 0.3 is 0 Å². The number of amides is 2. The fourth-order valence-corrected chi connectivity index (χ4v) is 8.76. The number of halogens is 6. The second-order valence-corrected chi connectivity index (χ2v) is 11.2. The Morgan fingerprint density at radius 3 is 1.86 bits per heavy atom. The number of rotatable bonds is 4. The molecule has 5 rings (SSSR count). The van der Waals surface area contributed by atoms with Gasteiger partial charge < -0.3 is 4.74 Å². The third-order valence-electron chi connectivity index (χ3n) is 6.86. The molecule has 0 radical (unpaired) electrons. The largest absolute Gasteiger partial charge is 0.373 e. The Bertz CT molecular complexity index is 776. The SMILES string of the molecule is CCCCON1C(=O)[C@@H]2[C@H]3O[C@@H]([C@@H]2C1=O)[C@@H]1[C@H]3[C@@]2(Cl)C(Cl)=C(Cl)[C@@]1(Cl)C2(Cl)Cl. The van der Waals surface area contributed by atoms with Crippen molar-refractivity contribution in [1.29, 1.82) is 0 Å². The number of carbonyl (C=O) groups is 2. The molecular weight excluding hydrogens is 495 g/mol. The molecule has 0 spiro atoms. The van der Waals surface area contributed by atoms with E-state index in [0.717, 1.165) is 17.9 Å². The molecule has 4 bridgehead atoms. The molecule has 154 valence electrons. The Labute approximate surface area is 191 Å². The van der Waals surface area contributed by atoms with Crippen molar-refractivity contribution in [3.8, 4) is 0 Å². The smallest absolute Gasteiger partial charge is 0.260 e. The van der Waals surface area contributed by atoms with Crippen LogP contribution < -0.4 is 0 Å². The summed E-state index contributed by atoms with van der Waals surface area (Å²) in [7, 11) is 0. The summed E-state index contributed by atoms with van der Waals surface area (Å²) in [5, 5.41) is 0.999. The molecule has 0 N–H and O–H groups in total. The summed E-state index contributed by atoms with van der Waals surface area (Å²) in [6.07, 6.45) is 0.197. The first-order valence-corrected chi connectivity index (χ1v) is 11.3. The maximum atomic E-state index is 13.0. The van der Waals surface area contributed by atoms with Gasteiger partial charge in [-0.3, -0.25) is 14.4 Å². The number of hydroxylamine groups is 2. The average Bonchev–Trinajstić information content (AvgIpc) is 3.34. The lowest BCUT2D eigenvalue weighted by molar-refractivity contribution is -0.192. The monoisotopic (exact) mass is 507 g/mol. The molecule has 5 nitrogen and oxygen atoms in total. The number of imide groups is 1. The minimum Gasteiger partial charge on any atom is -0.373 e. The third-order valence-corrected chi connectivity index (χ3v) is 11.1. The molecule has 28 heavy (non-hydrogen) atoms. The number of hydrogen-bond acceptors (Lipinski definition) is 4. The van der Waals surface area contributed by atoms with E-state index in [4.69, 9.17) is 79.2 Å². The van der Waals surface area contributed by atoms with Crippen LogP contribution in [-0.2, 0) is 19.2 Å². The summed E-state index contributed by atoms with van der Waals surface area (Å²) < 4.78 is 4.35. The van der Waals surface area contributed by atoms with Gasteiger partial charge in [0.2, 0.25) is 0 Å². The van der Waals surface area contributed by atoms with Crippen LogP contribution >= 0.6 is 69.6 Å². The highest BCUT2D eigenvalue weighted by atomic mass is 35.5. The molecule has 5 aliphatic rings. The van der Waals surface area contributed by atoms with Crippen molar-refractivity contribution < 1.29 is 19.2 Å². The zero-order valence-corrected chi connectivity index (χ0v) is 19.0. The number of ether oxygens (including phenoxy) is 1. The molecule has 8 atom stereocenters. The van der Waals surface area contributed by atoms with Crippen LogP contribution in [0.25, 0.3) is 0 Å². The van der Waals surface area contributed by atoms with Crippen molar-refractivity contribution in [2.24, 2.45) is 23.7 Å². The number of unbranched alkanes of at least 4 members (excludes halogenated alkanes) is 1. The lowest BCUT2D eigenvalue weighted by Gasteiger charge is -2.39. The molecule has 0 aromatic rings. The Morgan fingerprint density at radius 2 is 1.43 bits per heavy atom. The first-order chi connectivity index (χ1) is 13.1. The molecule has 4 fully saturated rings. The Morgan fingerprint density at radius 1 is 0.964 bits per heavy atom. The summed E-state index contributed by atoms with van der Waals surface area (Å²) in [6, 6.07) is 0. The van der Waals surface area contributed by atoms with Gasteiger partial charge in [-0.25, -0.2) is 0 Å². The molecule has 1 saturated carbocycles. The van der Waals surface area contributed by atoms with Crippen molar-refractivity contribution >= 4 is 81.4 Å². The van der Waals surface area contributed by atoms with Gasteiger partial charge in [0, 0.05) is 11.8 Å². The Hall–Kier alpha value is 0.540. The lowest BCUT2D eigenvalue weighted by Crippen LogP contribution is -2.50.